The second kappa shape index (κ2) is 8.71. The number of rotatable bonds is 8. The van der Waals surface area contributed by atoms with E-state index in [1.165, 1.54) is 18.4 Å². The molecule has 1 N–H and O–H groups in total. The van der Waals surface area contributed by atoms with E-state index in [2.05, 4.69) is 10.3 Å². The van der Waals surface area contributed by atoms with Gasteiger partial charge in [-0.2, -0.15) is 0 Å². The van der Waals surface area contributed by atoms with Gasteiger partial charge >= 0.3 is 5.97 Å². The van der Waals surface area contributed by atoms with Crippen LogP contribution in [0.15, 0.2) is 36.4 Å². The number of methoxy groups -OCH3 is 2. The number of nitrogens with one attached hydrogen (secondary N) is 1. The number of fused-ring (bicyclic) bond motifs is 1. The summed E-state index contributed by atoms with van der Waals surface area (Å²) >= 11 is 1.37. The fraction of sp³-hybridized carbons (Fsp3) is 0.250. The number of benzene rings is 2. The molecule has 0 bridgehead atoms. The summed E-state index contributed by atoms with van der Waals surface area (Å²) in [5.41, 5.74) is 1.74. The summed E-state index contributed by atoms with van der Waals surface area (Å²) in [6.07, 6.45) is 0. The van der Waals surface area contributed by atoms with Crippen molar-refractivity contribution in [1.82, 2.24) is 4.98 Å². The quantitative estimate of drug-likeness (QED) is 0.455. The number of hydrogen-bond donors (Lipinski definition) is 1. The van der Waals surface area contributed by atoms with E-state index in [4.69, 9.17) is 14.2 Å². The van der Waals surface area contributed by atoms with Gasteiger partial charge in [-0.15, -0.1) is 0 Å². The van der Waals surface area contributed by atoms with Crippen molar-refractivity contribution in [1.29, 1.82) is 0 Å². The van der Waals surface area contributed by atoms with E-state index in [-0.39, 0.29) is 18.3 Å². The number of ether oxygens (including phenoxy) is 3. The first-order valence-corrected chi connectivity index (χ1v) is 9.44. The third-order valence-electron chi connectivity index (χ3n) is 4.01. The highest BCUT2D eigenvalue weighted by Crippen LogP contribution is 2.29. The average molecular weight is 400 g/mol. The van der Waals surface area contributed by atoms with Gasteiger partial charge < -0.3 is 19.5 Å². The maximum absolute atomic E-state index is 12.5. The summed E-state index contributed by atoms with van der Waals surface area (Å²) in [6, 6.07) is 10.2. The number of carbonyl (C=O) groups excluding carboxylic acids is 2. The van der Waals surface area contributed by atoms with E-state index in [9.17, 15) is 9.59 Å². The Kier molecular flexibility index (Phi) is 6.10. The molecular weight excluding hydrogens is 380 g/mol. The molecule has 8 heteroatoms. The molecule has 0 aliphatic carbocycles. The molecule has 3 aromatic rings. The molecule has 7 nitrogen and oxygen atoms in total. The molecule has 0 saturated carbocycles. The number of ketones is 1. The van der Waals surface area contributed by atoms with Crippen LogP contribution in [0.2, 0.25) is 0 Å². The van der Waals surface area contributed by atoms with Crippen LogP contribution in [-0.4, -0.2) is 44.1 Å². The molecule has 0 atom stereocenters. The first kappa shape index (κ1) is 19.6. The molecule has 0 spiro atoms. The predicted molar refractivity (Wildman–Crippen MR) is 108 cm³/mol. The highest BCUT2D eigenvalue weighted by atomic mass is 32.1. The largest absolute Gasteiger partial charge is 0.493 e. The Hall–Kier alpha value is -3.13. The fourth-order valence-corrected chi connectivity index (χ4v) is 3.51. The van der Waals surface area contributed by atoms with Gasteiger partial charge in [-0.1, -0.05) is 11.3 Å². The standard InChI is InChI=1S/C20H20N2O5S/c1-4-27-19(24)13-5-7-14-18(10-13)28-20(22-14)21-11-15(23)12-6-8-16(25-2)17(9-12)26-3/h5-10H,4,11H2,1-3H3,(H,21,22). The van der Waals surface area contributed by atoms with E-state index in [0.717, 1.165) is 10.2 Å². The zero-order valence-electron chi connectivity index (χ0n) is 15.8. The third kappa shape index (κ3) is 4.23. The third-order valence-corrected chi connectivity index (χ3v) is 4.98. The van der Waals surface area contributed by atoms with Crippen molar-refractivity contribution < 1.29 is 23.8 Å². The lowest BCUT2D eigenvalue weighted by Gasteiger charge is -2.09. The molecule has 0 aliphatic heterocycles. The Labute approximate surface area is 166 Å². The summed E-state index contributed by atoms with van der Waals surface area (Å²) < 4.78 is 16.3. The van der Waals surface area contributed by atoms with Crippen LogP contribution in [0.4, 0.5) is 5.13 Å². The number of thiazole rings is 1. The Morgan fingerprint density at radius 1 is 1.04 bits per heavy atom. The Bertz CT molecular complexity index is 1010. The molecule has 0 amide bonds. The van der Waals surface area contributed by atoms with Gasteiger partial charge in [0.25, 0.3) is 0 Å². The molecule has 0 saturated heterocycles. The van der Waals surface area contributed by atoms with Crippen LogP contribution in [0, 0.1) is 0 Å². The van der Waals surface area contributed by atoms with Crippen LogP contribution in [0.25, 0.3) is 10.2 Å². The van der Waals surface area contributed by atoms with Gasteiger partial charge in [0.2, 0.25) is 0 Å². The molecule has 2 aromatic carbocycles. The first-order chi connectivity index (χ1) is 13.5. The summed E-state index contributed by atoms with van der Waals surface area (Å²) in [4.78, 5) is 28.8. The highest BCUT2D eigenvalue weighted by Gasteiger charge is 2.13. The first-order valence-electron chi connectivity index (χ1n) is 8.62. The average Bonchev–Trinajstić information content (AvgIpc) is 3.13. The molecule has 0 aliphatic rings. The maximum atomic E-state index is 12.5. The van der Waals surface area contributed by atoms with Crippen LogP contribution in [0.1, 0.15) is 27.6 Å². The van der Waals surface area contributed by atoms with Crippen molar-refractivity contribution in [2.24, 2.45) is 0 Å². The zero-order chi connectivity index (χ0) is 20.1. The second-order valence-corrected chi connectivity index (χ2v) is 6.80. The predicted octanol–water partition coefficient (Wildman–Crippen LogP) is 3.79. The summed E-state index contributed by atoms with van der Waals surface area (Å²) in [7, 11) is 3.07. The summed E-state index contributed by atoms with van der Waals surface area (Å²) in [5.74, 6) is 0.596. The molecule has 3 rings (SSSR count). The Balaban J connectivity index is 1.71. The van der Waals surface area contributed by atoms with E-state index in [1.54, 1.807) is 50.4 Å². The smallest absolute Gasteiger partial charge is 0.338 e. The number of carbonyl (C=O) groups is 2. The Morgan fingerprint density at radius 3 is 2.50 bits per heavy atom. The van der Waals surface area contributed by atoms with Crippen molar-refractivity contribution in [3.05, 3.63) is 47.5 Å². The van der Waals surface area contributed by atoms with Crippen molar-refractivity contribution in [2.75, 3.05) is 32.7 Å². The maximum Gasteiger partial charge on any atom is 0.338 e. The monoisotopic (exact) mass is 400 g/mol. The van der Waals surface area contributed by atoms with E-state index < -0.39 is 0 Å². The van der Waals surface area contributed by atoms with E-state index in [1.807, 2.05) is 0 Å². The van der Waals surface area contributed by atoms with Crippen LogP contribution >= 0.6 is 11.3 Å². The number of hydrogen-bond acceptors (Lipinski definition) is 8. The number of nitrogens with zero attached hydrogens (tertiary/aromatic N) is 1. The topological polar surface area (TPSA) is 86.8 Å². The van der Waals surface area contributed by atoms with Gasteiger partial charge in [0.1, 0.15) is 0 Å². The van der Waals surface area contributed by atoms with Crippen molar-refractivity contribution in [3.63, 3.8) is 0 Å². The van der Waals surface area contributed by atoms with Crippen LogP contribution < -0.4 is 14.8 Å². The van der Waals surface area contributed by atoms with Crippen molar-refractivity contribution in [2.45, 2.75) is 6.92 Å². The Morgan fingerprint density at radius 2 is 1.79 bits per heavy atom. The van der Waals surface area contributed by atoms with E-state index >= 15 is 0 Å². The van der Waals surface area contributed by atoms with Gasteiger partial charge in [0.05, 0.1) is 43.2 Å². The van der Waals surface area contributed by atoms with Gasteiger partial charge in [-0.25, -0.2) is 9.78 Å². The summed E-state index contributed by atoms with van der Waals surface area (Å²) in [6.45, 7) is 2.17. The second-order valence-electron chi connectivity index (χ2n) is 5.77. The molecule has 28 heavy (non-hydrogen) atoms. The number of Topliss-reactive ketones (excluding diaryl/α,β-unsaturated/α-hetero) is 1. The molecule has 0 radical (unpaired) electrons. The minimum absolute atomic E-state index is 0.0834. The van der Waals surface area contributed by atoms with Crippen LogP contribution in [0.3, 0.4) is 0 Å². The van der Waals surface area contributed by atoms with Gasteiger partial charge in [0, 0.05) is 5.56 Å². The molecule has 146 valence electrons. The molecular formula is C20H20N2O5S. The summed E-state index contributed by atoms with van der Waals surface area (Å²) in [5, 5.41) is 3.64. The van der Waals surface area contributed by atoms with Gasteiger partial charge in [-0.3, -0.25) is 4.79 Å². The minimum atomic E-state index is -0.365. The van der Waals surface area contributed by atoms with Gasteiger partial charge in [-0.05, 0) is 43.3 Å². The van der Waals surface area contributed by atoms with Crippen LogP contribution in [-0.2, 0) is 4.74 Å². The molecule has 0 unspecified atom stereocenters. The number of anilines is 1. The number of esters is 1. The lowest BCUT2D eigenvalue weighted by molar-refractivity contribution is 0.0526. The van der Waals surface area contributed by atoms with Gasteiger partial charge in [0.15, 0.2) is 22.4 Å². The van der Waals surface area contributed by atoms with Crippen molar-refractivity contribution in [3.8, 4) is 11.5 Å². The zero-order valence-corrected chi connectivity index (χ0v) is 16.6. The van der Waals surface area contributed by atoms with Crippen LogP contribution in [0.5, 0.6) is 11.5 Å². The normalized spacial score (nSPS) is 10.5. The molecule has 1 aromatic heterocycles. The van der Waals surface area contributed by atoms with Crippen molar-refractivity contribution >= 4 is 38.4 Å². The lowest BCUT2D eigenvalue weighted by atomic mass is 10.1. The molecule has 0 fully saturated rings. The lowest BCUT2D eigenvalue weighted by Crippen LogP contribution is -2.14. The fourth-order valence-electron chi connectivity index (χ4n) is 2.61. The SMILES string of the molecule is CCOC(=O)c1ccc2nc(NCC(=O)c3ccc(OC)c(OC)c3)sc2c1. The number of aromatic nitrogens is 1. The minimum Gasteiger partial charge on any atom is -0.493 e. The highest BCUT2D eigenvalue weighted by molar-refractivity contribution is 7.22. The van der Waals surface area contributed by atoms with E-state index in [0.29, 0.717) is 34.4 Å². The molecule has 1 heterocycles.